The highest BCUT2D eigenvalue weighted by Gasteiger charge is 2.55. The van der Waals surface area contributed by atoms with Gasteiger partial charge in [-0.15, -0.1) is 0 Å². The van der Waals surface area contributed by atoms with Crippen molar-refractivity contribution in [2.45, 2.75) is 25.7 Å². The molecule has 96 valence electrons. The SMILES string of the molecule is O=C(Cc1ccc2ccccc2n1)C1C2CCCC21. The van der Waals surface area contributed by atoms with Crippen LogP contribution < -0.4 is 0 Å². The Hall–Kier alpha value is -1.70. The van der Waals surface area contributed by atoms with E-state index in [-0.39, 0.29) is 0 Å². The van der Waals surface area contributed by atoms with E-state index in [1.165, 1.54) is 19.3 Å². The van der Waals surface area contributed by atoms with Gasteiger partial charge in [-0.25, -0.2) is 0 Å². The first-order valence-corrected chi connectivity index (χ1v) is 7.20. The van der Waals surface area contributed by atoms with Crippen LogP contribution in [0.3, 0.4) is 0 Å². The fraction of sp³-hybridized carbons (Fsp3) is 0.412. The summed E-state index contributed by atoms with van der Waals surface area (Å²) in [5.41, 5.74) is 1.91. The summed E-state index contributed by atoms with van der Waals surface area (Å²) in [5.74, 6) is 2.21. The van der Waals surface area contributed by atoms with Crippen LogP contribution in [0, 0.1) is 17.8 Å². The molecule has 2 fully saturated rings. The first-order valence-electron chi connectivity index (χ1n) is 7.20. The number of pyridine rings is 1. The summed E-state index contributed by atoms with van der Waals surface area (Å²) in [5, 5.41) is 1.14. The molecule has 1 heterocycles. The molecule has 19 heavy (non-hydrogen) atoms. The number of para-hydroxylation sites is 1. The van der Waals surface area contributed by atoms with E-state index >= 15 is 0 Å². The summed E-state index contributed by atoms with van der Waals surface area (Å²) in [6, 6.07) is 12.1. The number of carbonyl (C=O) groups is 1. The lowest BCUT2D eigenvalue weighted by atomic mass is 10.0. The summed E-state index contributed by atoms with van der Waals surface area (Å²) in [6.45, 7) is 0. The summed E-state index contributed by atoms with van der Waals surface area (Å²) in [7, 11) is 0. The van der Waals surface area contributed by atoms with Gasteiger partial charge in [0.2, 0.25) is 0 Å². The molecule has 0 bridgehead atoms. The van der Waals surface area contributed by atoms with Crippen molar-refractivity contribution in [2.24, 2.45) is 17.8 Å². The molecule has 0 aliphatic heterocycles. The van der Waals surface area contributed by atoms with Crippen molar-refractivity contribution >= 4 is 16.7 Å². The van der Waals surface area contributed by atoms with E-state index < -0.39 is 0 Å². The molecule has 1 aromatic heterocycles. The predicted octanol–water partition coefficient (Wildman–Crippen LogP) is 3.39. The number of ketones is 1. The monoisotopic (exact) mass is 251 g/mol. The average Bonchev–Trinajstić information content (AvgIpc) is 2.93. The van der Waals surface area contributed by atoms with Crippen molar-refractivity contribution < 1.29 is 4.79 Å². The van der Waals surface area contributed by atoms with E-state index in [1.54, 1.807) is 0 Å². The van der Waals surface area contributed by atoms with Crippen LogP contribution in [0.1, 0.15) is 25.0 Å². The molecular weight excluding hydrogens is 234 g/mol. The zero-order valence-corrected chi connectivity index (χ0v) is 10.9. The highest BCUT2D eigenvalue weighted by molar-refractivity contribution is 5.87. The second-order valence-electron chi connectivity index (χ2n) is 5.92. The van der Waals surface area contributed by atoms with Crippen LogP contribution in [0.25, 0.3) is 10.9 Å². The fourth-order valence-corrected chi connectivity index (χ4v) is 3.80. The normalized spacial score (nSPS) is 28.3. The Kier molecular flexibility index (Phi) is 2.44. The largest absolute Gasteiger partial charge is 0.299 e. The minimum Gasteiger partial charge on any atom is -0.299 e. The Labute approximate surface area is 112 Å². The number of benzene rings is 1. The van der Waals surface area contributed by atoms with Gasteiger partial charge in [0.15, 0.2) is 0 Å². The number of hydrogen-bond donors (Lipinski definition) is 0. The van der Waals surface area contributed by atoms with Gasteiger partial charge in [0.1, 0.15) is 5.78 Å². The molecule has 0 radical (unpaired) electrons. The quantitative estimate of drug-likeness (QED) is 0.837. The molecule has 2 aromatic rings. The zero-order chi connectivity index (χ0) is 12.8. The highest BCUT2D eigenvalue weighted by atomic mass is 16.1. The highest BCUT2D eigenvalue weighted by Crippen LogP contribution is 2.58. The Morgan fingerprint density at radius 1 is 1.11 bits per heavy atom. The van der Waals surface area contributed by atoms with Gasteiger partial charge < -0.3 is 0 Å². The first-order chi connectivity index (χ1) is 9.33. The van der Waals surface area contributed by atoms with E-state index in [0.29, 0.717) is 30.0 Å². The van der Waals surface area contributed by atoms with Crippen molar-refractivity contribution in [3.63, 3.8) is 0 Å². The molecule has 4 rings (SSSR count). The lowest BCUT2D eigenvalue weighted by Gasteiger charge is -2.04. The lowest BCUT2D eigenvalue weighted by Crippen LogP contribution is -2.10. The molecular formula is C17H17NO. The maximum atomic E-state index is 12.3. The van der Waals surface area contributed by atoms with Gasteiger partial charge in [-0.3, -0.25) is 9.78 Å². The second-order valence-corrected chi connectivity index (χ2v) is 5.92. The van der Waals surface area contributed by atoms with E-state index in [1.807, 2.05) is 24.3 Å². The van der Waals surface area contributed by atoms with Crippen molar-refractivity contribution in [1.29, 1.82) is 0 Å². The minimum absolute atomic E-state index is 0.363. The van der Waals surface area contributed by atoms with Crippen LogP contribution in [-0.2, 0) is 11.2 Å². The van der Waals surface area contributed by atoms with Crippen molar-refractivity contribution in [2.75, 3.05) is 0 Å². The third-order valence-electron chi connectivity index (χ3n) is 4.79. The Morgan fingerprint density at radius 2 is 1.89 bits per heavy atom. The van der Waals surface area contributed by atoms with Crippen molar-refractivity contribution in [1.82, 2.24) is 4.98 Å². The van der Waals surface area contributed by atoms with Gasteiger partial charge in [-0.05, 0) is 36.8 Å². The van der Waals surface area contributed by atoms with Crippen LogP contribution in [0.4, 0.5) is 0 Å². The number of nitrogens with zero attached hydrogens (tertiary/aromatic N) is 1. The Balaban J connectivity index is 1.53. The summed E-state index contributed by atoms with van der Waals surface area (Å²) in [6.07, 6.45) is 4.38. The summed E-state index contributed by atoms with van der Waals surface area (Å²) < 4.78 is 0. The van der Waals surface area contributed by atoms with Gasteiger partial charge in [-0.1, -0.05) is 30.7 Å². The van der Waals surface area contributed by atoms with E-state index in [4.69, 9.17) is 0 Å². The smallest absolute Gasteiger partial charge is 0.142 e. The van der Waals surface area contributed by atoms with Crippen molar-refractivity contribution in [3.8, 4) is 0 Å². The van der Waals surface area contributed by atoms with Gasteiger partial charge >= 0.3 is 0 Å². The molecule has 2 nitrogen and oxygen atoms in total. The molecule has 2 unspecified atom stereocenters. The molecule has 0 N–H and O–H groups in total. The van der Waals surface area contributed by atoms with Crippen LogP contribution >= 0.6 is 0 Å². The molecule has 2 heteroatoms. The van der Waals surface area contributed by atoms with E-state index in [2.05, 4.69) is 17.1 Å². The predicted molar refractivity (Wildman–Crippen MR) is 74.8 cm³/mol. The van der Waals surface area contributed by atoms with E-state index in [0.717, 1.165) is 16.6 Å². The van der Waals surface area contributed by atoms with Crippen LogP contribution in [0.5, 0.6) is 0 Å². The standard InChI is InChI=1S/C17H17NO/c19-16(17-13-5-3-6-14(13)17)10-12-9-8-11-4-1-2-7-15(11)18-12/h1-2,4,7-9,13-14,17H,3,5-6,10H2. The minimum atomic E-state index is 0.363. The molecule has 2 atom stereocenters. The first kappa shape index (κ1) is 11.2. The number of carbonyl (C=O) groups excluding carboxylic acids is 1. The van der Waals surface area contributed by atoms with Gasteiger partial charge in [0, 0.05) is 23.4 Å². The molecule has 2 aliphatic rings. The zero-order valence-electron chi connectivity index (χ0n) is 10.9. The summed E-state index contributed by atoms with van der Waals surface area (Å²) in [4.78, 5) is 16.9. The number of aromatic nitrogens is 1. The number of hydrogen-bond acceptors (Lipinski definition) is 2. The maximum Gasteiger partial charge on any atom is 0.142 e. The van der Waals surface area contributed by atoms with Gasteiger partial charge in [0.05, 0.1) is 5.52 Å². The average molecular weight is 251 g/mol. The van der Waals surface area contributed by atoms with Crippen molar-refractivity contribution in [3.05, 3.63) is 42.1 Å². The molecule has 2 saturated carbocycles. The maximum absolute atomic E-state index is 12.3. The second kappa shape index (κ2) is 4.16. The topological polar surface area (TPSA) is 30.0 Å². The number of rotatable bonds is 3. The molecule has 0 spiro atoms. The van der Waals surface area contributed by atoms with E-state index in [9.17, 15) is 4.79 Å². The lowest BCUT2D eigenvalue weighted by molar-refractivity contribution is -0.120. The van der Waals surface area contributed by atoms with Crippen LogP contribution in [0.2, 0.25) is 0 Å². The number of fused-ring (bicyclic) bond motifs is 2. The molecule has 0 amide bonds. The van der Waals surface area contributed by atoms with Gasteiger partial charge in [-0.2, -0.15) is 0 Å². The molecule has 2 aliphatic carbocycles. The number of Topliss-reactive ketones (excluding diaryl/α,β-unsaturated/α-hetero) is 1. The molecule has 1 aromatic carbocycles. The Bertz CT molecular complexity index is 639. The van der Waals surface area contributed by atoms with Crippen LogP contribution in [-0.4, -0.2) is 10.8 Å². The molecule has 0 saturated heterocycles. The van der Waals surface area contributed by atoms with Gasteiger partial charge in [0.25, 0.3) is 0 Å². The Morgan fingerprint density at radius 3 is 2.74 bits per heavy atom. The fourth-order valence-electron chi connectivity index (χ4n) is 3.80. The third kappa shape index (κ3) is 1.86. The van der Waals surface area contributed by atoms with Crippen LogP contribution in [0.15, 0.2) is 36.4 Å². The third-order valence-corrected chi connectivity index (χ3v) is 4.79. The summed E-state index contributed by atoms with van der Waals surface area (Å²) >= 11 is 0.